The molecule has 0 spiro atoms. The van der Waals surface area contributed by atoms with Crippen LogP contribution in [-0.4, -0.2) is 47.5 Å². The van der Waals surface area contributed by atoms with Gasteiger partial charge in [-0.15, -0.1) is 0 Å². The summed E-state index contributed by atoms with van der Waals surface area (Å²) in [5.74, 6) is 0.226. The third-order valence-electron chi connectivity index (χ3n) is 5.01. The number of hydrogen-bond donors (Lipinski definition) is 0. The second kappa shape index (κ2) is 9.42. The number of esters is 2. The van der Waals surface area contributed by atoms with E-state index in [2.05, 4.69) is 4.74 Å². The summed E-state index contributed by atoms with van der Waals surface area (Å²) in [6.45, 7) is 0. The quantitative estimate of drug-likeness (QED) is 0.490. The van der Waals surface area contributed by atoms with Gasteiger partial charge in [0.25, 0.3) is 0 Å². The molecular weight excluding hydrogens is 404 g/mol. The molecule has 2 aromatic rings. The van der Waals surface area contributed by atoms with Crippen molar-refractivity contribution >= 4 is 18.0 Å². The molecule has 0 unspecified atom stereocenters. The first-order chi connectivity index (χ1) is 15.0. The highest BCUT2D eigenvalue weighted by atomic mass is 16.5. The van der Waals surface area contributed by atoms with Crippen LogP contribution >= 0.6 is 0 Å². The van der Waals surface area contributed by atoms with Crippen LogP contribution in [0.25, 0.3) is 6.08 Å². The number of methoxy groups -OCH3 is 5. The molecule has 8 heteroatoms. The predicted molar refractivity (Wildman–Crippen MR) is 112 cm³/mol. The number of rotatable bonds is 7. The van der Waals surface area contributed by atoms with Gasteiger partial charge in [-0.1, -0.05) is 6.07 Å². The number of fused-ring (bicyclic) bond motifs is 1. The van der Waals surface area contributed by atoms with Gasteiger partial charge in [-0.2, -0.15) is 0 Å². The van der Waals surface area contributed by atoms with Gasteiger partial charge in [0.15, 0.2) is 23.0 Å². The molecule has 0 amide bonds. The molecule has 2 atom stereocenters. The summed E-state index contributed by atoms with van der Waals surface area (Å²) in [5.41, 5.74) is 1.94. The SMILES string of the molecule is COC(=O)/C=C/c1cc(OC)c2c(c1)[C@@H](C(=O)OC)[C@H](c1ccc(OC)c(OC)c1)O2. The molecule has 0 bridgehead atoms. The highest BCUT2D eigenvalue weighted by Gasteiger charge is 2.43. The van der Waals surface area contributed by atoms with Gasteiger partial charge < -0.3 is 28.4 Å². The summed E-state index contributed by atoms with van der Waals surface area (Å²) < 4.78 is 32.1. The van der Waals surface area contributed by atoms with Gasteiger partial charge in [-0.3, -0.25) is 4.79 Å². The number of benzene rings is 2. The van der Waals surface area contributed by atoms with E-state index in [1.165, 1.54) is 34.5 Å². The van der Waals surface area contributed by atoms with Crippen LogP contribution in [0.15, 0.2) is 36.4 Å². The van der Waals surface area contributed by atoms with E-state index < -0.39 is 24.0 Å². The zero-order valence-corrected chi connectivity index (χ0v) is 18.0. The Labute approximate surface area is 180 Å². The van der Waals surface area contributed by atoms with E-state index in [1.807, 2.05) is 0 Å². The second-order valence-corrected chi connectivity index (χ2v) is 6.65. The summed E-state index contributed by atoms with van der Waals surface area (Å²) in [5, 5.41) is 0. The molecule has 0 radical (unpaired) electrons. The Morgan fingerprint density at radius 2 is 1.58 bits per heavy atom. The van der Waals surface area contributed by atoms with E-state index >= 15 is 0 Å². The van der Waals surface area contributed by atoms with E-state index in [1.54, 1.807) is 43.5 Å². The Bertz CT molecular complexity index is 1010. The summed E-state index contributed by atoms with van der Waals surface area (Å²) in [6, 6.07) is 8.79. The lowest BCUT2D eigenvalue weighted by atomic mass is 9.90. The standard InChI is InChI=1S/C23H24O8/c1-26-16-8-7-14(12-17(16)27-2)21-20(23(25)30-5)15-10-13(6-9-19(24)29-4)11-18(28-3)22(15)31-21/h6-12,20-21H,1-5H3/b9-6+/t20-,21+/m1/s1. The molecular formula is C23H24O8. The van der Waals surface area contributed by atoms with Crippen LogP contribution < -0.4 is 18.9 Å². The van der Waals surface area contributed by atoms with Gasteiger partial charge in [-0.05, 0) is 41.5 Å². The summed E-state index contributed by atoms with van der Waals surface area (Å²) >= 11 is 0. The van der Waals surface area contributed by atoms with Crippen LogP contribution in [0.5, 0.6) is 23.0 Å². The Hall–Kier alpha value is -3.68. The highest BCUT2D eigenvalue weighted by molar-refractivity contribution is 5.88. The molecule has 1 aliphatic rings. The maximum atomic E-state index is 12.8. The van der Waals surface area contributed by atoms with Crippen molar-refractivity contribution in [1.29, 1.82) is 0 Å². The van der Waals surface area contributed by atoms with Crippen LogP contribution in [0.3, 0.4) is 0 Å². The molecule has 0 saturated heterocycles. The Balaban J connectivity index is 2.10. The zero-order chi connectivity index (χ0) is 22.5. The first-order valence-electron chi connectivity index (χ1n) is 9.41. The monoisotopic (exact) mass is 428 g/mol. The third-order valence-corrected chi connectivity index (χ3v) is 5.01. The van der Waals surface area contributed by atoms with Gasteiger partial charge in [0.05, 0.1) is 35.5 Å². The molecule has 8 nitrogen and oxygen atoms in total. The maximum Gasteiger partial charge on any atom is 0.330 e. The van der Waals surface area contributed by atoms with Crippen molar-refractivity contribution in [3.05, 3.63) is 53.1 Å². The molecule has 31 heavy (non-hydrogen) atoms. The zero-order valence-electron chi connectivity index (χ0n) is 18.0. The predicted octanol–water partition coefficient (Wildman–Crippen LogP) is 3.29. The number of carbonyl (C=O) groups excluding carboxylic acids is 2. The average molecular weight is 428 g/mol. The van der Waals surface area contributed by atoms with Crippen molar-refractivity contribution in [1.82, 2.24) is 0 Å². The molecule has 0 N–H and O–H groups in total. The second-order valence-electron chi connectivity index (χ2n) is 6.65. The summed E-state index contributed by atoms with van der Waals surface area (Å²) in [6.07, 6.45) is 2.19. The smallest absolute Gasteiger partial charge is 0.330 e. The van der Waals surface area contributed by atoms with Crippen LogP contribution in [0.1, 0.15) is 28.7 Å². The lowest BCUT2D eigenvalue weighted by Gasteiger charge is -2.19. The van der Waals surface area contributed by atoms with E-state index in [9.17, 15) is 9.59 Å². The molecule has 0 saturated carbocycles. The van der Waals surface area contributed by atoms with Crippen molar-refractivity contribution < 1.29 is 38.0 Å². The minimum absolute atomic E-state index is 0.430. The normalized spacial score (nSPS) is 16.9. The van der Waals surface area contributed by atoms with E-state index in [0.29, 0.717) is 39.7 Å². The highest BCUT2D eigenvalue weighted by Crippen LogP contribution is 2.52. The van der Waals surface area contributed by atoms with Crippen molar-refractivity contribution in [2.24, 2.45) is 0 Å². The van der Waals surface area contributed by atoms with Crippen molar-refractivity contribution in [3.63, 3.8) is 0 Å². The Kier molecular flexibility index (Phi) is 6.69. The van der Waals surface area contributed by atoms with Crippen LogP contribution in [0, 0.1) is 0 Å². The minimum atomic E-state index is -0.751. The first-order valence-corrected chi connectivity index (χ1v) is 9.41. The summed E-state index contributed by atoms with van der Waals surface area (Å²) in [4.78, 5) is 24.3. The van der Waals surface area contributed by atoms with Gasteiger partial charge in [0.1, 0.15) is 12.0 Å². The fraction of sp³-hybridized carbons (Fsp3) is 0.304. The molecule has 1 aliphatic heterocycles. The van der Waals surface area contributed by atoms with Gasteiger partial charge >= 0.3 is 11.9 Å². The van der Waals surface area contributed by atoms with Crippen molar-refractivity contribution in [2.75, 3.05) is 35.5 Å². The van der Waals surface area contributed by atoms with Gasteiger partial charge in [0, 0.05) is 11.6 Å². The van der Waals surface area contributed by atoms with Crippen LogP contribution in [0.4, 0.5) is 0 Å². The maximum absolute atomic E-state index is 12.8. The number of carbonyl (C=O) groups is 2. The molecule has 2 aromatic carbocycles. The van der Waals surface area contributed by atoms with Gasteiger partial charge in [-0.25, -0.2) is 4.79 Å². The lowest BCUT2D eigenvalue weighted by molar-refractivity contribution is -0.144. The molecule has 164 valence electrons. The number of hydrogen-bond acceptors (Lipinski definition) is 8. The summed E-state index contributed by atoms with van der Waals surface area (Å²) in [7, 11) is 7.20. The van der Waals surface area contributed by atoms with Crippen molar-refractivity contribution in [2.45, 2.75) is 12.0 Å². The fourth-order valence-corrected chi connectivity index (χ4v) is 3.51. The van der Waals surface area contributed by atoms with Gasteiger partial charge in [0.2, 0.25) is 0 Å². The van der Waals surface area contributed by atoms with Crippen LogP contribution in [-0.2, 0) is 19.1 Å². The van der Waals surface area contributed by atoms with E-state index in [-0.39, 0.29) is 0 Å². The largest absolute Gasteiger partial charge is 0.493 e. The Morgan fingerprint density at radius 3 is 2.19 bits per heavy atom. The minimum Gasteiger partial charge on any atom is -0.493 e. The molecule has 3 rings (SSSR count). The van der Waals surface area contributed by atoms with E-state index in [0.717, 1.165) is 0 Å². The molecule has 0 aromatic heterocycles. The van der Waals surface area contributed by atoms with Crippen LogP contribution in [0.2, 0.25) is 0 Å². The first kappa shape index (κ1) is 22.0. The lowest BCUT2D eigenvalue weighted by Crippen LogP contribution is -2.20. The molecule has 1 heterocycles. The fourth-order valence-electron chi connectivity index (χ4n) is 3.51. The number of ether oxygens (including phenoxy) is 6. The molecule has 0 aliphatic carbocycles. The Morgan fingerprint density at radius 1 is 0.871 bits per heavy atom. The third kappa shape index (κ3) is 4.28. The molecule has 0 fully saturated rings. The average Bonchev–Trinajstić information content (AvgIpc) is 3.20. The van der Waals surface area contributed by atoms with E-state index in [4.69, 9.17) is 23.7 Å². The van der Waals surface area contributed by atoms with Crippen molar-refractivity contribution in [3.8, 4) is 23.0 Å². The topological polar surface area (TPSA) is 89.5 Å².